The van der Waals surface area contributed by atoms with Gasteiger partial charge in [-0.05, 0) is 25.3 Å². The minimum atomic E-state index is -3.35. The van der Waals surface area contributed by atoms with Crippen LogP contribution in [0, 0.1) is 10.1 Å². The lowest BCUT2D eigenvalue weighted by molar-refractivity contribution is -0.384. The molecule has 1 aliphatic rings. The molecule has 1 fully saturated rings. The summed E-state index contributed by atoms with van der Waals surface area (Å²) in [5, 5.41) is 20.1. The number of nitro groups is 1. The van der Waals surface area contributed by atoms with Gasteiger partial charge in [-0.25, -0.2) is 17.9 Å². The van der Waals surface area contributed by atoms with Gasteiger partial charge in [0.15, 0.2) is 0 Å². The molecule has 10 nitrogen and oxygen atoms in total. The molecule has 1 aliphatic heterocycles. The van der Waals surface area contributed by atoms with E-state index in [0.717, 1.165) is 18.2 Å². The van der Waals surface area contributed by atoms with Gasteiger partial charge in [-0.3, -0.25) is 14.9 Å². The number of carbonyl (C=O) groups excluding carboxylic acids is 1. The van der Waals surface area contributed by atoms with E-state index in [0.29, 0.717) is 19.3 Å². The van der Waals surface area contributed by atoms with Crippen molar-refractivity contribution in [2.75, 3.05) is 18.8 Å². The quantitative estimate of drug-likeness (QED) is 0.517. The second kappa shape index (κ2) is 8.44. The van der Waals surface area contributed by atoms with Crippen LogP contribution in [0.4, 0.5) is 5.69 Å². The second-order valence-electron chi connectivity index (χ2n) is 6.33. The first-order valence-corrected chi connectivity index (χ1v) is 10.1. The molecule has 0 radical (unpaired) electrons. The van der Waals surface area contributed by atoms with Gasteiger partial charge in [0, 0.05) is 36.8 Å². The molecule has 27 heavy (non-hydrogen) atoms. The number of benzene rings is 1. The van der Waals surface area contributed by atoms with Gasteiger partial charge in [-0.2, -0.15) is 0 Å². The van der Waals surface area contributed by atoms with Crippen molar-refractivity contribution in [3.8, 4) is 0 Å². The molecule has 1 heterocycles. The number of carbonyl (C=O) groups is 2. The summed E-state index contributed by atoms with van der Waals surface area (Å²) in [7, 11) is -3.35. The van der Waals surface area contributed by atoms with Crippen LogP contribution >= 0.6 is 0 Å². The Labute approximate surface area is 156 Å². The smallest absolute Gasteiger partial charge is 0.335 e. The molecule has 1 amide bonds. The summed E-state index contributed by atoms with van der Waals surface area (Å²) in [6, 6.07) is 2.78. The summed E-state index contributed by atoms with van der Waals surface area (Å²) in [6.07, 6.45) is 1.33. The fraction of sp³-hybridized carbons (Fsp3) is 0.500. The molecule has 2 N–H and O–H groups in total. The number of nitrogens with zero attached hydrogens (tertiary/aromatic N) is 2. The number of aromatic carboxylic acids is 1. The number of amides is 1. The van der Waals surface area contributed by atoms with E-state index in [1.807, 2.05) is 0 Å². The van der Waals surface area contributed by atoms with Crippen molar-refractivity contribution >= 4 is 27.6 Å². The number of sulfonamides is 1. The highest BCUT2D eigenvalue weighted by Crippen LogP contribution is 2.21. The third-order valence-corrected chi connectivity index (χ3v) is 5.86. The van der Waals surface area contributed by atoms with E-state index < -0.39 is 32.5 Å². The van der Waals surface area contributed by atoms with Crippen LogP contribution in [0.5, 0.6) is 0 Å². The van der Waals surface area contributed by atoms with Crippen LogP contribution < -0.4 is 4.72 Å². The molecule has 2 rings (SSSR count). The summed E-state index contributed by atoms with van der Waals surface area (Å²) < 4.78 is 26.3. The van der Waals surface area contributed by atoms with Crippen molar-refractivity contribution < 1.29 is 28.0 Å². The SMILES string of the molecule is CCCS(=O)(=O)NC1CCN(C(=O)c2cc(C(=O)O)cc([N+](=O)[O-])c2)CC1. The molecule has 0 aromatic heterocycles. The number of non-ortho nitro benzene ring substituents is 1. The van der Waals surface area contributed by atoms with E-state index in [-0.39, 0.29) is 36.0 Å². The lowest BCUT2D eigenvalue weighted by Gasteiger charge is -2.32. The summed E-state index contributed by atoms with van der Waals surface area (Å²) in [5.41, 5.74) is -0.887. The largest absolute Gasteiger partial charge is 0.478 e. The summed E-state index contributed by atoms with van der Waals surface area (Å²) >= 11 is 0. The van der Waals surface area contributed by atoms with Gasteiger partial charge in [0.2, 0.25) is 10.0 Å². The van der Waals surface area contributed by atoms with E-state index in [1.54, 1.807) is 6.92 Å². The van der Waals surface area contributed by atoms with Crippen molar-refractivity contribution in [1.29, 1.82) is 0 Å². The first kappa shape index (κ1) is 20.8. The zero-order chi connectivity index (χ0) is 20.2. The maximum absolute atomic E-state index is 12.6. The highest BCUT2D eigenvalue weighted by molar-refractivity contribution is 7.89. The molecule has 0 saturated carbocycles. The highest BCUT2D eigenvalue weighted by Gasteiger charge is 2.27. The summed E-state index contributed by atoms with van der Waals surface area (Å²) in [5.74, 6) is -1.84. The molecule has 0 atom stereocenters. The van der Waals surface area contributed by atoms with Crippen LogP contribution in [0.2, 0.25) is 0 Å². The van der Waals surface area contributed by atoms with Gasteiger partial charge in [0.05, 0.1) is 16.2 Å². The molecule has 148 valence electrons. The predicted octanol–water partition coefficient (Wildman–Crippen LogP) is 1.23. The number of carboxylic acids is 1. The van der Waals surface area contributed by atoms with Gasteiger partial charge in [-0.15, -0.1) is 0 Å². The number of nitro benzene ring substituents is 1. The third kappa shape index (κ3) is 5.47. The van der Waals surface area contributed by atoms with Gasteiger partial charge in [0.1, 0.15) is 0 Å². The number of nitrogens with one attached hydrogen (secondary N) is 1. The Balaban J connectivity index is 2.09. The molecule has 0 bridgehead atoms. The van der Waals surface area contributed by atoms with Crippen LogP contribution in [0.1, 0.15) is 46.9 Å². The van der Waals surface area contributed by atoms with E-state index in [9.17, 15) is 28.1 Å². The maximum Gasteiger partial charge on any atom is 0.335 e. The molecule has 1 saturated heterocycles. The van der Waals surface area contributed by atoms with Crippen LogP contribution in [0.15, 0.2) is 18.2 Å². The Morgan fingerprint density at radius 2 is 1.85 bits per heavy atom. The number of hydrogen-bond acceptors (Lipinski definition) is 6. The first-order chi connectivity index (χ1) is 12.6. The van der Waals surface area contributed by atoms with Crippen LogP contribution in [-0.2, 0) is 10.0 Å². The topological polar surface area (TPSA) is 147 Å². The summed E-state index contributed by atoms with van der Waals surface area (Å²) in [6.45, 7) is 2.30. The average Bonchev–Trinajstić information content (AvgIpc) is 2.60. The Morgan fingerprint density at radius 3 is 2.37 bits per heavy atom. The number of carboxylic acid groups (broad SMARTS) is 1. The van der Waals surface area contributed by atoms with Crippen molar-refractivity contribution in [3.05, 3.63) is 39.4 Å². The molecule has 1 aromatic carbocycles. The van der Waals surface area contributed by atoms with Crippen LogP contribution in [0.25, 0.3) is 0 Å². The van der Waals surface area contributed by atoms with Crippen molar-refractivity contribution in [1.82, 2.24) is 9.62 Å². The molecule has 11 heteroatoms. The predicted molar refractivity (Wildman–Crippen MR) is 96.2 cm³/mol. The van der Waals surface area contributed by atoms with Gasteiger partial charge < -0.3 is 10.0 Å². The Kier molecular flexibility index (Phi) is 6.50. The van der Waals surface area contributed by atoms with Crippen molar-refractivity contribution in [2.24, 2.45) is 0 Å². The van der Waals surface area contributed by atoms with Crippen molar-refractivity contribution in [3.63, 3.8) is 0 Å². The standard InChI is InChI=1S/C16H21N3O7S/c1-2-7-27(25,26)17-13-3-5-18(6-4-13)15(20)11-8-12(16(21)22)10-14(9-11)19(23)24/h8-10,13,17H,2-7H2,1H3,(H,21,22). The Bertz CT molecular complexity index is 813. The zero-order valence-corrected chi connectivity index (χ0v) is 15.6. The number of piperidine rings is 1. The lowest BCUT2D eigenvalue weighted by Crippen LogP contribution is -2.47. The molecule has 1 aromatic rings. The fourth-order valence-corrected chi connectivity index (χ4v) is 4.33. The van der Waals surface area contributed by atoms with Gasteiger partial charge >= 0.3 is 5.97 Å². The maximum atomic E-state index is 12.6. The zero-order valence-electron chi connectivity index (χ0n) is 14.8. The normalized spacial score (nSPS) is 15.5. The Hall–Kier alpha value is -2.53. The number of rotatable bonds is 7. The van der Waals surface area contributed by atoms with E-state index in [2.05, 4.69) is 4.72 Å². The van der Waals surface area contributed by atoms with Crippen LogP contribution in [-0.4, -0.2) is 60.1 Å². The number of likely N-dealkylation sites (tertiary alicyclic amines) is 1. The van der Waals surface area contributed by atoms with Gasteiger partial charge in [0.25, 0.3) is 11.6 Å². The third-order valence-electron chi connectivity index (χ3n) is 4.22. The van der Waals surface area contributed by atoms with Crippen LogP contribution in [0.3, 0.4) is 0 Å². The number of hydrogen-bond donors (Lipinski definition) is 2. The molecule has 0 spiro atoms. The molecule has 0 aliphatic carbocycles. The average molecular weight is 399 g/mol. The molecular weight excluding hydrogens is 378 g/mol. The summed E-state index contributed by atoms with van der Waals surface area (Å²) in [4.78, 5) is 35.4. The van der Waals surface area contributed by atoms with E-state index in [1.165, 1.54) is 4.90 Å². The monoisotopic (exact) mass is 399 g/mol. The van der Waals surface area contributed by atoms with Gasteiger partial charge in [-0.1, -0.05) is 6.92 Å². The first-order valence-electron chi connectivity index (χ1n) is 8.45. The highest BCUT2D eigenvalue weighted by atomic mass is 32.2. The molecular formula is C16H21N3O7S. The second-order valence-corrected chi connectivity index (χ2v) is 8.21. The van der Waals surface area contributed by atoms with Crippen molar-refractivity contribution in [2.45, 2.75) is 32.2 Å². The van der Waals surface area contributed by atoms with E-state index in [4.69, 9.17) is 5.11 Å². The fourth-order valence-electron chi connectivity index (χ4n) is 2.93. The van der Waals surface area contributed by atoms with E-state index >= 15 is 0 Å². The Morgan fingerprint density at radius 1 is 1.26 bits per heavy atom. The lowest BCUT2D eigenvalue weighted by atomic mass is 10.0. The minimum Gasteiger partial charge on any atom is -0.478 e. The minimum absolute atomic E-state index is 0.0395. The molecule has 0 unspecified atom stereocenters.